The summed E-state index contributed by atoms with van der Waals surface area (Å²) in [5.74, 6) is -0.281. The summed E-state index contributed by atoms with van der Waals surface area (Å²) in [6.45, 7) is 4.00. The highest BCUT2D eigenvalue weighted by atomic mass is 35.5. The van der Waals surface area contributed by atoms with Crippen molar-refractivity contribution in [2.75, 3.05) is 0 Å². The topological polar surface area (TPSA) is 80.4 Å². The van der Waals surface area contributed by atoms with Gasteiger partial charge in [-0.15, -0.1) is 11.3 Å². The quantitative estimate of drug-likeness (QED) is 0.805. The lowest BCUT2D eigenvalue weighted by Crippen LogP contribution is -2.21. The number of rotatable bonds is 6. The van der Waals surface area contributed by atoms with Crippen molar-refractivity contribution in [3.05, 3.63) is 51.9 Å². The number of nitrogens with two attached hydrogens (primary N) is 1. The molecule has 0 amide bonds. The summed E-state index contributed by atoms with van der Waals surface area (Å²) in [5.41, 5.74) is 1.28. The number of aliphatic hydroxyl groups is 1. The zero-order valence-corrected chi connectivity index (χ0v) is 15.3. The molecule has 2 aromatic rings. The Hall–Kier alpha value is -0.920. The van der Waals surface area contributed by atoms with Gasteiger partial charge in [-0.05, 0) is 40.6 Å². The van der Waals surface area contributed by atoms with E-state index in [4.69, 9.17) is 16.7 Å². The monoisotopic (exact) mass is 373 g/mol. The van der Waals surface area contributed by atoms with Crippen LogP contribution < -0.4 is 5.14 Å². The SMILES string of the molecule is CC[C@H](C)[C@@H](c1ccsc1S(N)(=O)=O)C(O)c1ccc(Cl)cc1. The maximum absolute atomic E-state index is 11.8. The van der Waals surface area contributed by atoms with Gasteiger partial charge in [-0.25, -0.2) is 13.6 Å². The van der Waals surface area contributed by atoms with Crippen LogP contribution in [0.25, 0.3) is 0 Å². The highest BCUT2D eigenvalue weighted by Crippen LogP contribution is 2.42. The Morgan fingerprint density at radius 2 is 1.87 bits per heavy atom. The third kappa shape index (κ3) is 4.14. The summed E-state index contributed by atoms with van der Waals surface area (Å²) in [5, 5.41) is 18.5. The second kappa shape index (κ2) is 7.32. The summed E-state index contributed by atoms with van der Waals surface area (Å²) < 4.78 is 23.8. The van der Waals surface area contributed by atoms with Crippen LogP contribution in [-0.2, 0) is 10.0 Å². The van der Waals surface area contributed by atoms with E-state index in [1.165, 1.54) is 0 Å². The number of halogens is 1. The minimum absolute atomic E-state index is 0.0794. The van der Waals surface area contributed by atoms with Crippen molar-refractivity contribution in [2.45, 2.75) is 36.5 Å². The average molecular weight is 374 g/mol. The third-order valence-corrected chi connectivity index (χ3v) is 6.80. The zero-order valence-electron chi connectivity index (χ0n) is 12.9. The maximum atomic E-state index is 11.8. The molecule has 23 heavy (non-hydrogen) atoms. The van der Waals surface area contributed by atoms with Gasteiger partial charge in [0.05, 0.1) is 6.10 Å². The Bertz CT molecular complexity index is 756. The molecule has 0 radical (unpaired) electrons. The van der Waals surface area contributed by atoms with Gasteiger partial charge in [0, 0.05) is 10.9 Å². The molecule has 0 aliphatic rings. The molecule has 1 aromatic heterocycles. The number of hydrogen-bond acceptors (Lipinski definition) is 4. The standard InChI is InChI=1S/C16H20ClNO3S2/c1-3-10(2)14(13-8-9-22-16(13)23(18,20)21)15(19)11-4-6-12(17)7-5-11/h4-10,14-15,19H,3H2,1-2H3,(H2,18,20,21)/t10-,14-,15?/m0/s1. The van der Waals surface area contributed by atoms with Gasteiger partial charge in [-0.2, -0.15) is 0 Å². The smallest absolute Gasteiger partial charge is 0.247 e. The van der Waals surface area contributed by atoms with Crippen LogP contribution in [0.15, 0.2) is 39.9 Å². The van der Waals surface area contributed by atoms with Gasteiger partial charge in [0.2, 0.25) is 10.0 Å². The first-order chi connectivity index (χ1) is 10.8. The first-order valence-electron chi connectivity index (χ1n) is 7.29. The van der Waals surface area contributed by atoms with E-state index in [2.05, 4.69) is 0 Å². The Balaban J connectivity index is 2.50. The molecule has 0 saturated carbocycles. The van der Waals surface area contributed by atoms with Crippen LogP contribution in [0.2, 0.25) is 5.02 Å². The van der Waals surface area contributed by atoms with E-state index in [0.717, 1.165) is 17.8 Å². The molecule has 0 saturated heterocycles. The second-order valence-electron chi connectivity index (χ2n) is 5.62. The molecule has 0 aliphatic carbocycles. The van der Waals surface area contributed by atoms with Gasteiger partial charge >= 0.3 is 0 Å². The van der Waals surface area contributed by atoms with Crippen LogP contribution in [0.1, 0.15) is 43.4 Å². The molecule has 1 unspecified atom stereocenters. The zero-order chi connectivity index (χ0) is 17.2. The minimum Gasteiger partial charge on any atom is -0.388 e. The summed E-state index contributed by atoms with van der Waals surface area (Å²) >= 11 is 6.98. The van der Waals surface area contributed by atoms with Gasteiger partial charge in [0.15, 0.2) is 0 Å². The lowest BCUT2D eigenvalue weighted by molar-refractivity contribution is 0.117. The molecule has 2 rings (SSSR count). The molecule has 4 nitrogen and oxygen atoms in total. The van der Waals surface area contributed by atoms with Crippen LogP contribution in [0.4, 0.5) is 0 Å². The summed E-state index contributed by atoms with van der Waals surface area (Å²) in [6, 6.07) is 8.67. The van der Waals surface area contributed by atoms with E-state index in [9.17, 15) is 13.5 Å². The molecule has 3 N–H and O–H groups in total. The lowest BCUT2D eigenvalue weighted by atomic mass is 9.80. The van der Waals surface area contributed by atoms with Crippen molar-refractivity contribution in [2.24, 2.45) is 11.1 Å². The normalized spacial score (nSPS) is 16.0. The fraction of sp³-hybridized carbons (Fsp3) is 0.375. The predicted octanol–water partition coefficient (Wildman–Crippen LogP) is 3.91. The Kier molecular flexibility index (Phi) is 5.86. The van der Waals surface area contributed by atoms with Crippen LogP contribution in [0.3, 0.4) is 0 Å². The largest absolute Gasteiger partial charge is 0.388 e. The average Bonchev–Trinajstić information content (AvgIpc) is 2.97. The number of hydrogen-bond donors (Lipinski definition) is 2. The van der Waals surface area contributed by atoms with Crippen molar-refractivity contribution in [1.82, 2.24) is 0 Å². The Labute approximate surface area is 146 Å². The molecule has 126 valence electrons. The number of benzene rings is 1. The van der Waals surface area contributed by atoms with E-state index in [1.807, 2.05) is 13.8 Å². The molecular formula is C16H20ClNO3S2. The summed E-state index contributed by atoms with van der Waals surface area (Å²) in [4.78, 5) is 0. The fourth-order valence-corrected chi connectivity index (χ4v) is 4.73. The highest BCUT2D eigenvalue weighted by molar-refractivity contribution is 7.91. The van der Waals surface area contributed by atoms with Crippen molar-refractivity contribution in [3.8, 4) is 0 Å². The molecule has 3 atom stereocenters. The van der Waals surface area contributed by atoms with Gasteiger partial charge in [-0.1, -0.05) is 44.0 Å². The molecule has 0 spiro atoms. The van der Waals surface area contributed by atoms with E-state index in [1.54, 1.807) is 35.7 Å². The van der Waals surface area contributed by atoms with E-state index >= 15 is 0 Å². The van der Waals surface area contributed by atoms with Crippen LogP contribution in [0, 0.1) is 5.92 Å². The molecular weight excluding hydrogens is 354 g/mol. The predicted molar refractivity (Wildman–Crippen MR) is 94.3 cm³/mol. The van der Waals surface area contributed by atoms with Gasteiger partial charge in [-0.3, -0.25) is 0 Å². The third-order valence-electron chi connectivity index (χ3n) is 4.08. The van der Waals surface area contributed by atoms with Crippen molar-refractivity contribution < 1.29 is 13.5 Å². The van der Waals surface area contributed by atoms with E-state index in [0.29, 0.717) is 16.1 Å². The Morgan fingerprint density at radius 3 is 2.39 bits per heavy atom. The van der Waals surface area contributed by atoms with Crippen LogP contribution >= 0.6 is 22.9 Å². The number of primary sulfonamides is 1. The van der Waals surface area contributed by atoms with Gasteiger partial charge in [0.1, 0.15) is 4.21 Å². The Morgan fingerprint density at radius 1 is 1.26 bits per heavy atom. The fourth-order valence-electron chi connectivity index (χ4n) is 2.69. The highest BCUT2D eigenvalue weighted by Gasteiger charge is 2.32. The maximum Gasteiger partial charge on any atom is 0.247 e. The molecule has 0 fully saturated rings. The van der Waals surface area contributed by atoms with Crippen LogP contribution in [0.5, 0.6) is 0 Å². The van der Waals surface area contributed by atoms with Crippen molar-refractivity contribution in [1.29, 1.82) is 0 Å². The molecule has 0 aliphatic heterocycles. The van der Waals surface area contributed by atoms with Crippen LogP contribution in [-0.4, -0.2) is 13.5 Å². The summed E-state index contributed by atoms with van der Waals surface area (Å²) in [7, 11) is -3.81. The molecule has 0 bridgehead atoms. The molecule has 7 heteroatoms. The lowest BCUT2D eigenvalue weighted by Gasteiger charge is -2.28. The number of sulfonamides is 1. The van der Waals surface area contributed by atoms with E-state index in [-0.39, 0.29) is 16.0 Å². The second-order valence-corrected chi connectivity index (χ2v) is 8.73. The first-order valence-corrected chi connectivity index (χ1v) is 10.1. The number of aliphatic hydroxyl groups excluding tert-OH is 1. The van der Waals surface area contributed by atoms with Gasteiger partial charge in [0.25, 0.3) is 0 Å². The van der Waals surface area contributed by atoms with Gasteiger partial charge < -0.3 is 5.11 Å². The summed E-state index contributed by atoms with van der Waals surface area (Å²) in [6.07, 6.45) is -0.0350. The van der Waals surface area contributed by atoms with E-state index < -0.39 is 16.1 Å². The molecule has 1 aromatic carbocycles. The minimum atomic E-state index is -3.81. The molecule has 1 heterocycles. The first kappa shape index (κ1) is 18.4. The van der Waals surface area contributed by atoms with Crippen molar-refractivity contribution in [3.63, 3.8) is 0 Å². The number of thiophene rings is 1. The van der Waals surface area contributed by atoms with Crippen molar-refractivity contribution >= 4 is 33.0 Å².